The standard InChI is InChI=1S/C14H30P.BrH/c1-5-9-12-15(8-4,13-10-6-2)14-11-7-3;/h8H,4-7,9-14H2,1-3H3;1H/q+1;. The first-order valence-electron chi connectivity index (χ1n) is 6.74. The van der Waals surface area contributed by atoms with Gasteiger partial charge in [-0.25, -0.2) is 0 Å². The topological polar surface area (TPSA) is 0 Å². The molecule has 0 radical (unpaired) electrons. The fourth-order valence-electron chi connectivity index (χ4n) is 2.03. The van der Waals surface area contributed by atoms with Crippen LogP contribution in [0, 0.1) is 0 Å². The maximum absolute atomic E-state index is 4.14. The van der Waals surface area contributed by atoms with Crippen molar-refractivity contribution in [3.63, 3.8) is 0 Å². The van der Waals surface area contributed by atoms with Crippen molar-refractivity contribution in [2.75, 3.05) is 18.5 Å². The van der Waals surface area contributed by atoms with Crippen molar-refractivity contribution < 1.29 is 0 Å². The van der Waals surface area contributed by atoms with Gasteiger partial charge in [-0.3, -0.25) is 0 Å². The molecule has 16 heavy (non-hydrogen) atoms. The van der Waals surface area contributed by atoms with E-state index in [0.29, 0.717) is 0 Å². The maximum atomic E-state index is 4.14. The molecule has 0 nitrogen and oxygen atoms in total. The molecule has 0 atom stereocenters. The number of rotatable bonds is 10. The van der Waals surface area contributed by atoms with Crippen LogP contribution in [0.25, 0.3) is 0 Å². The molecule has 0 bridgehead atoms. The molecule has 0 amide bonds. The second-order valence-electron chi connectivity index (χ2n) is 4.63. The quantitative estimate of drug-likeness (QED) is 0.426. The maximum Gasteiger partial charge on any atom is 0.0635 e. The van der Waals surface area contributed by atoms with Gasteiger partial charge < -0.3 is 0 Å². The summed E-state index contributed by atoms with van der Waals surface area (Å²) in [4.78, 5) is 0. The van der Waals surface area contributed by atoms with Crippen molar-refractivity contribution in [3.8, 4) is 0 Å². The second kappa shape index (κ2) is 12.1. The third kappa shape index (κ3) is 7.85. The van der Waals surface area contributed by atoms with Crippen LogP contribution in [0.4, 0.5) is 0 Å². The van der Waals surface area contributed by atoms with Crippen LogP contribution in [0.15, 0.2) is 12.4 Å². The van der Waals surface area contributed by atoms with Gasteiger partial charge in [-0.2, -0.15) is 0 Å². The van der Waals surface area contributed by atoms with E-state index in [1.165, 1.54) is 57.0 Å². The van der Waals surface area contributed by atoms with E-state index in [9.17, 15) is 0 Å². The second-order valence-corrected chi connectivity index (χ2v) is 8.78. The Labute approximate surface area is 114 Å². The Bertz CT molecular complexity index is 135. The van der Waals surface area contributed by atoms with Gasteiger partial charge >= 0.3 is 0 Å². The highest BCUT2D eigenvalue weighted by atomic mass is 79.9. The van der Waals surface area contributed by atoms with E-state index in [1.54, 1.807) is 0 Å². The molecular weight excluding hydrogens is 279 g/mol. The van der Waals surface area contributed by atoms with Gasteiger partial charge in [0.1, 0.15) is 0 Å². The summed E-state index contributed by atoms with van der Waals surface area (Å²) in [6.07, 6.45) is 12.6. The molecule has 98 valence electrons. The lowest BCUT2D eigenvalue weighted by Crippen LogP contribution is -2.06. The largest absolute Gasteiger partial charge is 0.114 e. The normalized spacial score (nSPS) is 10.9. The minimum atomic E-state index is -0.763. The van der Waals surface area contributed by atoms with Gasteiger partial charge in [0.2, 0.25) is 0 Å². The summed E-state index contributed by atoms with van der Waals surface area (Å²) in [7, 11) is -0.763. The molecule has 2 heteroatoms. The lowest BCUT2D eigenvalue weighted by Gasteiger charge is -2.23. The smallest absolute Gasteiger partial charge is 0.0635 e. The van der Waals surface area contributed by atoms with Crippen molar-refractivity contribution in [1.82, 2.24) is 0 Å². The van der Waals surface area contributed by atoms with Crippen LogP contribution >= 0.6 is 24.2 Å². The number of hydrogen-bond acceptors (Lipinski definition) is 0. The zero-order chi connectivity index (χ0) is 11.6. The van der Waals surface area contributed by atoms with Gasteiger partial charge in [-0.1, -0.05) is 46.6 Å². The summed E-state index contributed by atoms with van der Waals surface area (Å²) in [5, 5.41) is 0. The van der Waals surface area contributed by atoms with Crippen LogP contribution in [0.2, 0.25) is 0 Å². The highest BCUT2D eigenvalue weighted by Gasteiger charge is 2.31. The average molecular weight is 310 g/mol. The highest BCUT2D eigenvalue weighted by molar-refractivity contribution is 8.93. The fourth-order valence-corrected chi connectivity index (χ4v) is 6.08. The van der Waals surface area contributed by atoms with E-state index in [4.69, 9.17) is 0 Å². The first kappa shape index (κ1) is 19.0. The van der Waals surface area contributed by atoms with Crippen LogP contribution in [0.1, 0.15) is 59.3 Å². The molecule has 0 aliphatic rings. The number of halogens is 1. The van der Waals surface area contributed by atoms with Crippen LogP contribution < -0.4 is 0 Å². The molecule has 0 rings (SSSR count). The van der Waals surface area contributed by atoms with Crippen LogP contribution in [0.5, 0.6) is 0 Å². The van der Waals surface area contributed by atoms with E-state index in [0.717, 1.165) is 0 Å². The van der Waals surface area contributed by atoms with Gasteiger partial charge in [0.25, 0.3) is 0 Å². The Morgan fingerprint density at radius 3 is 1.31 bits per heavy atom. The van der Waals surface area contributed by atoms with Crippen LogP contribution in [-0.4, -0.2) is 18.5 Å². The molecule has 0 fully saturated rings. The van der Waals surface area contributed by atoms with Crippen molar-refractivity contribution in [2.24, 2.45) is 0 Å². The van der Waals surface area contributed by atoms with E-state index in [-0.39, 0.29) is 17.0 Å². The predicted octanol–water partition coefficient (Wildman–Crippen LogP) is 6.13. The summed E-state index contributed by atoms with van der Waals surface area (Å²) < 4.78 is 0. The molecule has 0 aromatic rings. The summed E-state index contributed by atoms with van der Waals surface area (Å²) in [6, 6.07) is 0. The van der Waals surface area contributed by atoms with Crippen molar-refractivity contribution >= 4 is 24.2 Å². The molecule has 0 aromatic carbocycles. The average Bonchev–Trinajstić information content (AvgIpc) is 2.29. The van der Waals surface area contributed by atoms with Gasteiger partial charge in [0.05, 0.1) is 24.3 Å². The highest BCUT2D eigenvalue weighted by Crippen LogP contribution is 2.61. The molecule has 0 aliphatic carbocycles. The summed E-state index contributed by atoms with van der Waals surface area (Å²) in [5.74, 6) is 2.37. The van der Waals surface area contributed by atoms with Crippen molar-refractivity contribution in [1.29, 1.82) is 0 Å². The Hall–Kier alpha value is 0.650. The lowest BCUT2D eigenvalue weighted by atomic mass is 10.4. The Morgan fingerprint density at radius 1 is 0.812 bits per heavy atom. The minimum Gasteiger partial charge on any atom is -0.114 e. The summed E-state index contributed by atoms with van der Waals surface area (Å²) >= 11 is 0. The van der Waals surface area contributed by atoms with Gasteiger partial charge in [-0.15, -0.1) is 17.0 Å². The Morgan fingerprint density at radius 2 is 1.12 bits per heavy atom. The molecule has 0 aromatic heterocycles. The molecule has 0 heterocycles. The molecule has 0 saturated carbocycles. The Kier molecular flexibility index (Phi) is 14.4. The van der Waals surface area contributed by atoms with E-state index < -0.39 is 7.26 Å². The van der Waals surface area contributed by atoms with Crippen molar-refractivity contribution in [3.05, 3.63) is 12.4 Å². The summed E-state index contributed by atoms with van der Waals surface area (Å²) in [6.45, 7) is 11.1. The predicted molar refractivity (Wildman–Crippen MR) is 86.8 cm³/mol. The molecule has 0 N–H and O–H groups in total. The third-order valence-corrected chi connectivity index (χ3v) is 7.65. The first-order valence-corrected chi connectivity index (χ1v) is 9.15. The summed E-state index contributed by atoms with van der Waals surface area (Å²) in [5.41, 5.74) is 0. The van der Waals surface area contributed by atoms with Crippen molar-refractivity contribution in [2.45, 2.75) is 59.3 Å². The number of hydrogen-bond donors (Lipinski definition) is 0. The lowest BCUT2D eigenvalue weighted by molar-refractivity contribution is 0.840. The molecule has 0 spiro atoms. The Balaban J connectivity index is 0. The van der Waals surface area contributed by atoms with Crippen LogP contribution in [-0.2, 0) is 0 Å². The number of unbranched alkanes of at least 4 members (excludes halogenated alkanes) is 3. The SMILES string of the molecule is Br.C=C[P+](CCCC)(CCCC)CCCC. The zero-order valence-corrected chi connectivity index (χ0v) is 14.1. The third-order valence-electron chi connectivity index (χ3n) is 3.26. The molecule has 0 unspecified atom stereocenters. The fraction of sp³-hybridized carbons (Fsp3) is 0.857. The van der Waals surface area contributed by atoms with E-state index in [1.807, 2.05) is 0 Å². The van der Waals surface area contributed by atoms with Gasteiger partial charge in [0.15, 0.2) is 0 Å². The molecule has 0 saturated heterocycles. The van der Waals surface area contributed by atoms with E-state index in [2.05, 4.69) is 33.2 Å². The minimum absolute atomic E-state index is 0. The van der Waals surface area contributed by atoms with Gasteiger partial charge in [-0.05, 0) is 19.3 Å². The van der Waals surface area contributed by atoms with Gasteiger partial charge in [0, 0.05) is 7.26 Å². The first-order chi connectivity index (χ1) is 7.24. The monoisotopic (exact) mass is 309 g/mol. The zero-order valence-electron chi connectivity index (χ0n) is 11.5. The molecule has 0 aliphatic heterocycles. The van der Waals surface area contributed by atoms with Crippen LogP contribution in [0.3, 0.4) is 0 Å². The molecular formula is C14H31BrP+. The van der Waals surface area contributed by atoms with E-state index >= 15 is 0 Å².